The van der Waals surface area contributed by atoms with Crippen LogP contribution in [0.3, 0.4) is 0 Å². The first-order valence-electron chi connectivity index (χ1n) is 10.6. The van der Waals surface area contributed by atoms with Crippen LogP contribution in [0.5, 0.6) is 5.75 Å². The van der Waals surface area contributed by atoms with E-state index in [1.54, 1.807) is 29.5 Å². The number of H-pyrrole nitrogens is 1. The smallest absolute Gasteiger partial charge is 0.329 e. The van der Waals surface area contributed by atoms with E-state index in [0.29, 0.717) is 23.4 Å². The van der Waals surface area contributed by atoms with E-state index in [0.717, 1.165) is 44.5 Å². The Morgan fingerprint density at radius 3 is 2.71 bits per heavy atom. The van der Waals surface area contributed by atoms with E-state index in [1.807, 2.05) is 42.5 Å². The molecule has 10 heteroatoms. The Balaban J connectivity index is 1.54. The molecule has 6 rings (SSSR count). The van der Waals surface area contributed by atoms with Gasteiger partial charge in [0.2, 0.25) is 0 Å². The van der Waals surface area contributed by atoms with Gasteiger partial charge in [-0.3, -0.25) is 19.2 Å². The topological polar surface area (TPSA) is 130 Å². The number of benzene rings is 2. The van der Waals surface area contributed by atoms with Crippen molar-refractivity contribution in [3.8, 4) is 17.0 Å². The van der Waals surface area contributed by atoms with E-state index in [9.17, 15) is 4.79 Å². The summed E-state index contributed by atoms with van der Waals surface area (Å²) in [5, 5.41) is 8.78. The average Bonchev–Trinajstić information content (AvgIpc) is 3.40. The number of methoxy groups -OCH3 is 1. The average molecular weight is 452 g/mol. The maximum absolute atomic E-state index is 13.2. The molecule has 0 amide bonds. The molecule has 4 heterocycles. The fourth-order valence-electron chi connectivity index (χ4n) is 4.41. The molecule has 0 aliphatic heterocycles. The molecule has 0 saturated carbocycles. The van der Waals surface area contributed by atoms with Gasteiger partial charge < -0.3 is 10.5 Å². The van der Waals surface area contributed by atoms with Crippen LogP contribution >= 0.6 is 0 Å². The number of hydrogen-bond acceptors (Lipinski definition) is 7. The number of ether oxygens (including phenoxy) is 1. The SMILES string of the molecule is COc1ccc(Cn2c(=O)n(C)c3c4cc(-c5[nH]nc6ncnc(N)c56)ccc4ncc32)cc1. The molecule has 0 fully saturated rings. The Kier molecular flexibility index (Phi) is 4.34. The maximum atomic E-state index is 13.2. The molecule has 4 aromatic heterocycles. The fraction of sp³-hybridized carbons (Fsp3) is 0.125. The number of nitrogens with zero attached hydrogens (tertiary/aromatic N) is 6. The van der Waals surface area contributed by atoms with Crippen LogP contribution in [0.15, 0.2) is 59.8 Å². The molecule has 0 atom stereocenters. The van der Waals surface area contributed by atoms with Gasteiger partial charge in [0.25, 0.3) is 0 Å². The van der Waals surface area contributed by atoms with E-state index >= 15 is 0 Å². The number of anilines is 1. The summed E-state index contributed by atoms with van der Waals surface area (Å²) in [6.07, 6.45) is 3.14. The number of imidazole rings is 1. The van der Waals surface area contributed by atoms with Crippen molar-refractivity contribution in [2.45, 2.75) is 6.54 Å². The molecular formula is C24H20N8O2. The van der Waals surface area contributed by atoms with Crippen molar-refractivity contribution in [1.82, 2.24) is 34.3 Å². The molecule has 0 saturated heterocycles. The number of pyridine rings is 1. The predicted molar refractivity (Wildman–Crippen MR) is 130 cm³/mol. The Labute approximate surface area is 192 Å². The number of aromatic nitrogens is 7. The second-order valence-corrected chi connectivity index (χ2v) is 8.06. The minimum atomic E-state index is -0.116. The molecule has 10 nitrogen and oxygen atoms in total. The number of aromatic amines is 1. The molecule has 0 unspecified atom stereocenters. The number of nitrogens with one attached hydrogen (secondary N) is 1. The van der Waals surface area contributed by atoms with Gasteiger partial charge in [0.15, 0.2) is 5.65 Å². The lowest BCUT2D eigenvalue weighted by Crippen LogP contribution is -2.22. The minimum Gasteiger partial charge on any atom is -0.497 e. The third kappa shape index (κ3) is 2.92. The van der Waals surface area contributed by atoms with Gasteiger partial charge in [-0.1, -0.05) is 18.2 Å². The van der Waals surface area contributed by atoms with Crippen molar-refractivity contribution < 1.29 is 4.74 Å². The van der Waals surface area contributed by atoms with Crippen LogP contribution < -0.4 is 16.2 Å². The molecule has 0 bridgehead atoms. The number of fused-ring (bicyclic) bond motifs is 4. The second-order valence-electron chi connectivity index (χ2n) is 8.06. The van der Waals surface area contributed by atoms with Crippen molar-refractivity contribution in [3.63, 3.8) is 0 Å². The minimum absolute atomic E-state index is 0.116. The summed E-state index contributed by atoms with van der Waals surface area (Å²) in [5.41, 5.74) is 11.4. The summed E-state index contributed by atoms with van der Waals surface area (Å²) in [4.78, 5) is 26.1. The number of nitrogen functional groups attached to an aromatic ring is 1. The molecular weight excluding hydrogens is 432 g/mol. The van der Waals surface area contributed by atoms with E-state index in [1.165, 1.54) is 6.33 Å². The third-order valence-electron chi connectivity index (χ3n) is 6.13. The Morgan fingerprint density at radius 2 is 1.91 bits per heavy atom. The summed E-state index contributed by atoms with van der Waals surface area (Å²) >= 11 is 0. The van der Waals surface area contributed by atoms with Gasteiger partial charge >= 0.3 is 5.69 Å². The van der Waals surface area contributed by atoms with Crippen LogP contribution in [0, 0.1) is 0 Å². The quantitative estimate of drug-likeness (QED) is 0.421. The number of rotatable bonds is 4. The van der Waals surface area contributed by atoms with E-state index in [2.05, 4.69) is 25.1 Å². The van der Waals surface area contributed by atoms with Gasteiger partial charge in [-0.25, -0.2) is 14.8 Å². The Hall–Kier alpha value is -4.73. The number of aryl methyl sites for hydroxylation is 1. The lowest BCUT2D eigenvalue weighted by Gasteiger charge is -2.07. The highest BCUT2D eigenvalue weighted by Crippen LogP contribution is 2.32. The highest BCUT2D eigenvalue weighted by molar-refractivity contribution is 6.06. The predicted octanol–water partition coefficient (Wildman–Crippen LogP) is 2.86. The van der Waals surface area contributed by atoms with Crippen molar-refractivity contribution in [2.75, 3.05) is 12.8 Å². The largest absolute Gasteiger partial charge is 0.497 e. The fourth-order valence-corrected chi connectivity index (χ4v) is 4.41. The van der Waals surface area contributed by atoms with Gasteiger partial charge in [-0.15, -0.1) is 0 Å². The van der Waals surface area contributed by atoms with Gasteiger partial charge in [0.1, 0.15) is 17.9 Å². The molecule has 0 spiro atoms. The summed E-state index contributed by atoms with van der Waals surface area (Å²) in [5.74, 6) is 1.12. The van der Waals surface area contributed by atoms with E-state index in [4.69, 9.17) is 10.5 Å². The first-order chi connectivity index (χ1) is 16.5. The van der Waals surface area contributed by atoms with Crippen LogP contribution in [-0.2, 0) is 13.6 Å². The van der Waals surface area contributed by atoms with Crippen molar-refractivity contribution in [2.24, 2.45) is 7.05 Å². The summed E-state index contributed by atoms with van der Waals surface area (Å²) < 4.78 is 8.63. The van der Waals surface area contributed by atoms with Gasteiger partial charge in [-0.05, 0) is 29.8 Å². The monoisotopic (exact) mass is 452 g/mol. The van der Waals surface area contributed by atoms with Gasteiger partial charge in [0, 0.05) is 18.0 Å². The zero-order valence-corrected chi connectivity index (χ0v) is 18.5. The van der Waals surface area contributed by atoms with Crippen LogP contribution in [0.25, 0.3) is 44.2 Å². The van der Waals surface area contributed by atoms with E-state index < -0.39 is 0 Å². The van der Waals surface area contributed by atoms with Crippen LogP contribution in [-0.4, -0.2) is 41.4 Å². The lowest BCUT2D eigenvalue weighted by atomic mass is 10.1. The van der Waals surface area contributed by atoms with Crippen molar-refractivity contribution in [1.29, 1.82) is 0 Å². The molecule has 0 aliphatic carbocycles. The van der Waals surface area contributed by atoms with Crippen molar-refractivity contribution >= 4 is 38.8 Å². The first kappa shape index (κ1) is 19.9. The Bertz CT molecular complexity index is 1760. The van der Waals surface area contributed by atoms with Crippen LogP contribution in [0.2, 0.25) is 0 Å². The molecule has 2 aromatic carbocycles. The highest BCUT2D eigenvalue weighted by Gasteiger charge is 2.17. The lowest BCUT2D eigenvalue weighted by molar-refractivity contribution is 0.414. The molecule has 6 aromatic rings. The molecule has 168 valence electrons. The van der Waals surface area contributed by atoms with Crippen molar-refractivity contribution in [3.05, 3.63) is 71.0 Å². The first-order valence-corrected chi connectivity index (χ1v) is 10.6. The summed E-state index contributed by atoms with van der Waals surface area (Å²) in [6.45, 7) is 0.423. The summed E-state index contributed by atoms with van der Waals surface area (Å²) in [6, 6.07) is 13.5. The third-order valence-corrected chi connectivity index (χ3v) is 6.13. The van der Waals surface area contributed by atoms with Crippen LogP contribution in [0.1, 0.15) is 5.56 Å². The zero-order valence-electron chi connectivity index (χ0n) is 18.5. The highest BCUT2D eigenvalue weighted by atomic mass is 16.5. The normalized spacial score (nSPS) is 11.6. The second kappa shape index (κ2) is 7.41. The van der Waals surface area contributed by atoms with Gasteiger partial charge in [-0.2, -0.15) is 5.10 Å². The Morgan fingerprint density at radius 1 is 1.09 bits per heavy atom. The molecule has 34 heavy (non-hydrogen) atoms. The zero-order chi connectivity index (χ0) is 23.4. The maximum Gasteiger partial charge on any atom is 0.329 e. The van der Waals surface area contributed by atoms with Crippen LogP contribution in [0.4, 0.5) is 5.82 Å². The molecule has 0 radical (unpaired) electrons. The molecule has 0 aliphatic rings. The van der Waals surface area contributed by atoms with E-state index in [-0.39, 0.29) is 5.69 Å². The summed E-state index contributed by atoms with van der Waals surface area (Å²) in [7, 11) is 3.40. The standard InChI is InChI=1S/C24H20N8O2/c1-31-21-16-9-14(20-19-22(25)27-12-28-23(19)30-29-20)5-8-17(16)26-10-18(21)32(24(31)33)11-13-3-6-15(34-2)7-4-13/h3-10,12H,11H2,1-2H3,(H3,25,27,28,29,30). The number of hydrogen-bond donors (Lipinski definition) is 2. The van der Waals surface area contributed by atoms with Gasteiger partial charge in [0.05, 0.1) is 47.5 Å². The number of nitrogens with two attached hydrogens (primary N) is 1. The molecule has 3 N–H and O–H groups in total.